The van der Waals surface area contributed by atoms with E-state index in [1.54, 1.807) is 0 Å². The number of amides is 1. The molecule has 104 valence electrons. The number of nitrogens with one attached hydrogen (secondary N) is 1. The van der Waals surface area contributed by atoms with Crippen LogP contribution in [0.1, 0.15) is 41.3 Å². The zero-order valence-corrected chi connectivity index (χ0v) is 13.5. The first-order valence-electron chi connectivity index (χ1n) is 6.65. The Bertz CT molecular complexity index is 635. The summed E-state index contributed by atoms with van der Waals surface area (Å²) in [5, 5.41) is 3.00. The monoisotopic (exact) mass is 331 g/mol. The van der Waals surface area contributed by atoms with Crippen LogP contribution >= 0.6 is 15.9 Å². The maximum absolute atomic E-state index is 12.4. The fraction of sp³-hybridized carbons (Fsp3) is 0.235. The average molecular weight is 332 g/mol. The van der Waals surface area contributed by atoms with Gasteiger partial charge < -0.3 is 5.32 Å². The molecule has 20 heavy (non-hydrogen) atoms. The summed E-state index contributed by atoms with van der Waals surface area (Å²) in [6.07, 6.45) is 0. The van der Waals surface area contributed by atoms with Crippen LogP contribution in [0.4, 0.5) is 5.69 Å². The molecule has 0 spiro atoms. The number of hydrogen-bond acceptors (Lipinski definition) is 1. The van der Waals surface area contributed by atoms with E-state index in [-0.39, 0.29) is 5.91 Å². The molecular weight excluding hydrogens is 314 g/mol. The molecule has 0 bridgehead atoms. The summed E-state index contributed by atoms with van der Waals surface area (Å²) in [5.41, 5.74) is 3.79. The number of anilines is 1. The summed E-state index contributed by atoms with van der Waals surface area (Å²) in [5.74, 6) is 0.276. The van der Waals surface area contributed by atoms with Crippen LogP contribution in [0.5, 0.6) is 0 Å². The Kier molecular flexibility index (Phi) is 4.61. The molecular formula is C17H18BrNO. The number of rotatable bonds is 3. The first kappa shape index (κ1) is 14.8. The fourth-order valence-corrected chi connectivity index (χ4v) is 2.78. The molecule has 0 aliphatic heterocycles. The van der Waals surface area contributed by atoms with Crippen LogP contribution < -0.4 is 5.32 Å². The van der Waals surface area contributed by atoms with Gasteiger partial charge in [0.05, 0.1) is 5.56 Å². The Labute approximate surface area is 128 Å². The Morgan fingerprint density at radius 1 is 1.15 bits per heavy atom. The van der Waals surface area contributed by atoms with E-state index in [1.165, 1.54) is 0 Å². The van der Waals surface area contributed by atoms with Gasteiger partial charge in [-0.2, -0.15) is 0 Å². The number of hydrogen-bond donors (Lipinski definition) is 1. The SMILES string of the molecule is Cc1ccc(C(=O)Nc2ccccc2C(C)C)c(Br)c1. The van der Waals surface area contributed by atoms with Gasteiger partial charge in [0.25, 0.3) is 5.91 Å². The van der Waals surface area contributed by atoms with Gasteiger partial charge in [0.15, 0.2) is 0 Å². The van der Waals surface area contributed by atoms with Crippen LogP contribution in [0.2, 0.25) is 0 Å². The molecule has 2 nitrogen and oxygen atoms in total. The smallest absolute Gasteiger partial charge is 0.256 e. The minimum absolute atomic E-state index is 0.0926. The van der Waals surface area contributed by atoms with Crippen molar-refractivity contribution < 1.29 is 4.79 Å². The van der Waals surface area contributed by atoms with E-state index >= 15 is 0 Å². The van der Waals surface area contributed by atoms with Crippen molar-refractivity contribution in [1.29, 1.82) is 0 Å². The standard InChI is InChI=1S/C17H18BrNO/c1-11(2)13-6-4-5-7-16(13)19-17(20)14-9-8-12(3)10-15(14)18/h4-11H,1-3H3,(H,19,20). The van der Waals surface area contributed by atoms with Crippen molar-refractivity contribution in [2.24, 2.45) is 0 Å². The van der Waals surface area contributed by atoms with Crippen molar-refractivity contribution in [3.05, 3.63) is 63.6 Å². The van der Waals surface area contributed by atoms with E-state index in [9.17, 15) is 4.79 Å². The summed E-state index contributed by atoms with van der Waals surface area (Å²) in [7, 11) is 0. The van der Waals surface area contributed by atoms with Crippen molar-refractivity contribution in [1.82, 2.24) is 0 Å². The van der Waals surface area contributed by atoms with Crippen molar-refractivity contribution in [2.75, 3.05) is 5.32 Å². The van der Waals surface area contributed by atoms with Crippen LogP contribution in [0.15, 0.2) is 46.9 Å². The van der Waals surface area contributed by atoms with Gasteiger partial charge in [-0.1, -0.05) is 38.1 Å². The average Bonchev–Trinajstić information content (AvgIpc) is 2.38. The molecule has 0 aliphatic rings. The van der Waals surface area contributed by atoms with Crippen LogP contribution in [0.25, 0.3) is 0 Å². The quantitative estimate of drug-likeness (QED) is 0.829. The molecule has 0 saturated carbocycles. The minimum Gasteiger partial charge on any atom is -0.322 e. The maximum atomic E-state index is 12.4. The Balaban J connectivity index is 2.28. The lowest BCUT2D eigenvalue weighted by Gasteiger charge is -2.14. The van der Waals surface area contributed by atoms with Crippen molar-refractivity contribution in [3.8, 4) is 0 Å². The zero-order valence-electron chi connectivity index (χ0n) is 11.9. The lowest BCUT2D eigenvalue weighted by atomic mass is 10.0. The summed E-state index contributed by atoms with van der Waals surface area (Å²) in [6, 6.07) is 13.6. The molecule has 0 saturated heterocycles. The van der Waals surface area contributed by atoms with Crippen LogP contribution in [-0.2, 0) is 0 Å². The molecule has 0 heterocycles. The fourth-order valence-electron chi connectivity index (χ4n) is 2.11. The molecule has 1 amide bonds. The van der Waals surface area contributed by atoms with E-state index in [4.69, 9.17) is 0 Å². The highest BCUT2D eigenvalue weighted by Crippen LogP contribution is 2.25. The van der Waals surface area contributed by atoms with Gasteiger partial charge in [0.2, 0.25) is 0 Å². The van der Waals surface area contributed by atoms with E-state index in [2.05, 4.69) is 35.1 Å². The number of para-hydroxylation sites is 1. The van der Waals surface area contributed by atoms with Crippen LogP contribution in [0.3, 0.4) is 0 Å². The summed E-state index contributed by atoms with van der Waals surface area (Å²) in [6.45, 7) is 6.24. The molecule has 0 aromatic heterocycles. The Morgan fingerprint density at radius 2 is 1.85 bits per heavy atom. The Hall–Kier alpha value is -1.61. The summed E-state index contributed by atoms with van der Waals surface area (Å²) < 4.78 is 0.817. The molecule has 0 atom stereocenters. The number of benzene rings is 2. The van der Waals surface area contributed by atoms with Gasteiger partial charge >= 0.3 is 0 Å². The van der Waals surface area contributed by atoms with E-state index in [0.717, 1.165) is 21.3 Å². The highest BCUT2D eigenvalue weighted by atomic mass is 79.9. The molecule has 0 fully saturated rings. The molecule has 0 aliphatic carbocycles. The number of carbonyl (C=O) groups is 1. The Morgan fingerprint density at radius 3 is 2.50 bits per heavy atom. The maximum Gasteiger partial charge on any atom is 0.256 e. The van der Waals surface area contributed by atoms with Crippen LogP contribution in [0, 0.1) is 6.92 Å². The molecule has 2 aromatic carbocycles. The first-order valence-corrected chi connectivity index (χ1v) is 7.44. The van der Waals surface area contributed by atoms with Gasteiger partial charge in [-0.25, -0.2) is 0 Å². The van der Waals surface area contributed by atoms with Crippen molar-refractivity contribution in [3.63, 3.8) is 0 Å². The van der Waals surface area contributed by atoms with Crippen LogP contribution in [-0.4, -0.2) is 5.91 Å². The predicted octanol–water partition coefficient (Wildman–Crippen LogP) is 5.13. The van der Waals surface area contributed by atoms with Crippen molar-refractivity contribution >= 4 is 27.5 Å². The first-order chi connectivity index (χ1) is 9.49. The highest BCUT2D eigenvalue weighted by Gasteiger charge is 2.13. The third kappa shape index (κ3) is 3.28. The third-order valence-corrected chi connectivity index (χ3v) is 3.86. The van der Waals surface area contributed by atoms with Gasteiger partial charge in [-0.05, 0) is 58.1 Å². The number of halogens is 1. The third-order valence-electron chi connectivity index (χ3n) is 3.20. The van der Waals surface area contributed by atoms with Crippen molar-refractivity contribution in [2.45, 2.75) is 26.7 Å². The molecule has 2 rings (SSSR count). The number of carbonyl (C=O) groups excluding carboxylic acids is 1. The van der Waals surface area contributed by atoms with Gasteiger partial charge in [-0.15, -0.1) is 0 Å². The van der Waals surface area contributed by atoms with Gasteiger partial charge in [-0.3, -0.25) is 4.79 Å². The minimum atomic E-state index is -0.0926. The molecule has 1 N–H and O–H groups in total. The lowest BCUT2D eigenvalue weighted by Crippen LogP contribution is -2.14. The van der Waals surface area contributed by atoms with Gasteiger partial charge in [0, 0.05) is 10.2 Å². The molecule has 0 unspecified atom stereocenters. The molecule has 3 heteroatoms. The predicted molar refractivity (Wildman–Crippen MR) is 87.4 cm³/mol. The topological polar surface area (TPSA) is 29.1 Å². The van der Waals surface area contributed by atoms with E-state index in [1.807, 2.05) is 49.4 Å². The molecule has 2 aromatic rings. The highest BCUT2D eigenvalue weighted by molar-refractivity contribution is 9.10. The summed E-state index contributed by atoms with van der Waals surface area (Å²) >= 11 is 3.45. The zero-order chi connectivity index (χ0) is 14.7. The summed E-state index contributed by atoms with van der Waals surface area (Å²) in [4.78, 5) is 12.4. The van der Waals surface area contributed by atoms with Gasteiger partial charge in [0.1, 0.15) is 0 Å². The second kappa shape index (κ2) is 6.23. The second-order valence-corrected chi connectivity index (χ2v) is 6.03. The largest absolute Gasteiger partial charge is 0.322 e. The lowest BCUT2D eigenvalue weighted by molar-refractivity contribution is 0.102. The van der Waals surface area contributed by atoms with E-state index in [0.29, 0.717) is 11.5 Å². The second-order valence-electron chi connectivity index (χ2n) is 5.18. The normalized spacial score (nSPS) is 10.7. The van der Waals surface area contributed by atoms with E-state index < -0.39 is 0 Å². The molecule has 0 radical (unpaired) electrons. The number of aryl methyl sites for hydroxylation is 1.